The van der Waals surface area contributed by atoms with Gasteiger partial charge in [-0.05, 0) is 72.8 Å². The Morgan fingerprint density at radius 2 is 2.00 bits per heavy atom. The molecule has 1 heterocycles. The van der Waals surface area contributed by atoms with Gasteiger partial charge in [0.05, 0.1) is 0 Å². The fourth-order valence-electron chi connectivity index (χ4n) is 2.98. The molecule has 4 heteroatoms. The molecule has 1 atom stereocenters. The second-order valence-corrected chi connectivity index (χ2v) is 6.35. The summed E-state index contributed by atoms with van der Waals surface area (Å²) in [6.45, 7) is 12.1. The second-order valence-electron chi connectivity index (χ2n) is 6.35. The van der Waals surface area contributed by atoms with Crippen molar-refractivity contribution in [1.29, 1.82) is 0 Å². The number of hydrogen-bond acceptors (Lipinski definition) is 4. The molecule has 1 N–H and O–H groups in total. The van der Waals surface area contributed by atoms with Crippen LogP contribution < -0.4 is 5.32 Å². The molecular formula is C16H35N3O. The van der Waals surface area contributed by atoms with E-state index >= 15 is 0 Å². The van der Waals surface area contributed by atoms with Gasteiger partial charge in [0.1, 0.15) is 0 Å². The number of piperidine rings is 1. The standard InChI is InChI=1S/C16H35N3O/c1-5-20-12-6-9-17-13-15(2)19-10-7-16(8-11-19)14-18(3)4/h15-17H,5-14H2,1-4H3. The Balaban J connectivity index is 2.05. The Labute approximate surface area is 125 Å². The fraction of sp³-hybridized carbons (Fsp3) is 1.00. The number of nitrogens with one attached hydrogen (secondary N) is 1. The Hall–Kier alpha value is -0.160. The number of nitrogens with zero attached hydrogens (tertiary/aromatic N) is 2. The van der Waals surface area contributed by atoms with Crippen LogP contribution in [0.5, 0.6) is 0 Å². The lowest BCUT2D eigenvalue weighted by molar-refractivity contribution is 0.123. The van der Waals surface area contributed by atoms with Gasteiger partial charge < -0.3 is 15.0 Å². The van der Waals surface area contributed by atoms with Gasteiger partial charge in [0.2, 0.25) is 0 Å². The first-order chi connectivity index (χ1) is 9.63. The Morgan fingerprint density at radius 1 is 1.30 bits per heavy atom. The van der Waals surface area contributed by atoms with E-state index in [-0.39, 0.29) is 0 Å². The predicted molar refractivity (Wildman–Crippen MR) is 86.3 cm³/mol. The predicted octanol–water partition coefficient (Wildman–Crippen LogP) is 1.66. The van der Waals surface area contributed by atoms with Crippen LogP contribution in [0, 0.1) is 5.92 Å². The molecular weight excluding hydrogens is 250 g/mol. The maximum Gasteiger partial charge on any atom is 0.0477 e. The van der Waals surface area contributed by atoms with Crippen LogP contribution in [0.4, 0.5) is 0 Å². The normalized spacial score (nSPS) is 19.6. The number of rotatable bonds is 10. The molecule has 0 spiro atoms. The minimum Gasteiger partial charge on any atom is -0.382 e. The van der Waals surface area contributed by atoms with Gasteiger partial charge in [-0.15, -0.1) is 0 Å². The van der Waals surface area contributed by atoms with Crippen LogP contribution in [0.1, 0.15) is 33.1 Å². The maximum absolute atomic E-state index is 5.35. The van der Waals surface area contributed by atoms with E-state index in [1.807, 2.05) is 0 Å². The highest BCUT2D eigenvalue weighted by atomic mass is 16.5. The summed E-state index contributed by atoms with van der Waals surface area (Å²) in [7, 11) is 4.36. The molecule has 120 valence electrons. The molecule has 0 aromatic rings. The molecule has 0 aromatic heterocycles. The van der Waals surface area contributed by atoms with Crippen molar-refractivity contribution in [2.75, 3.05) is 60.0 Å². The van der Waals surface area contributed by atoms with E-state index in [1.165, 1.54) is 32.5 Å². The minimum absolute atomic E-state index is 0.655. The van der Waals surface area contributed by atoms with Crippen LogP contribution in [-0.4, -0.2) is 75.9 Å². The largest absolute Gasteiger partial charge is 0.382 e. The van der Waals surface area contributed by atoms with Gasteiger partial charge in [-0.2, -0.15) is 0 Å². The van der Waals surface area contributed by atoms with Crippen molar-refractivity contribution >= 4 is 0 Å². The van der Waals surface area contributed by atoms with Crippen LogP contribution in [0.2, 0.25) is 0 Å². The van der Waals surface area contributed by atoms with E-state index in [1.54, 1.807) is 0 Å². The van der Waals surface area contributed by atoms with Crippen molar-refractivity contribution in [3.8, 4) is 0 Å². The molecule has 0 saturated carbocycles. The third-order valence-corrected chi connectivity index (χ3v) is 4.18. The summed E-state index contributed by atoms with van der Waals surface area (Å²) >= 11 is 0. The third kappa shape index (κ3) is 7.58. The summed E-state index contributed by atoms with van der Waals surface area (Å²) in [6, 6.07) is 0.655. The van der Waals surface area contributed by atoms with Gasteiger partial charge in [0.15, 0.2) is 0 Å². The summed E-state index contributed by atoms with van der Waals surface area (Å²) in [4.78, 5) is 4.96. The smallest absolute Gasteiger partial charge is 0.0477 e. The highest BCUT2D eigenvalue weighted by Crippen LogP contribution is 2.19. The second kappa shape index (κ2) is 10.6. The topological polar surface area (TPSA) is 27.7 Å². The molecule has 0 bridgehead atoms. The zero-order chi connectivity index (χ0) is 14.8. The first kappa shape index (κ1) is 17.9. The van der Waals surface area contributed by atoms with Crippen LogP contribution >= 0.6 is 0 Å². The molecule has 1 aliphatic heterocycles. The summed E-state index contributed by atoms with van der Waals surface area (Å²) in [5.74, 6) is 0.896. The molecule has 0 radical (unpaired) electrons. The molecule has 20 heavy (non-hydrogen) atoms. The zero-order valence-corrected chi connectivity index (χ0v) is 14.0. The van der Waals surface area contributed by atoms with Gasteiger partial charge >= 0.3 is 0 Å². The average molecular weight is 285 g/mol. The molecule has 1 fully saturated rings. The first-order valence-corrected chi connectivity index (χ1v) is 8.30. The lowest BCUT2D eigenvalue weighted by atomic mass is 9.95. The van der Waals surface area contributed by atoms with Crippen molar-refractivity contribution in [1.82, 2.24) is 15.1 Å². The van der Waals surface area contributed by atoms with E-state index in [0.29, 0.717) is 6.04 Å². The van der Waals surface area contributed by atoms with Crippen molar-refractivity contribution in [3.05, 3.63) is 0 Å². The quantitative estimate of drug-likeness (QED) is 0.618. The van der Waals surface area contributed by atoms with E-state index in [4.69, 9.17) is 4.74 Å². The van der Waals surface area contributed by atoms with Crippen LogP contribution in [0.15, 0.2) is 0 Å². The van der Waals surface area contributed by atoms with Gasteiger partial charge in [-0.25, -0.2) is 0 Å². The summed E-state index contributed by atoms with van der Waals surface area (Å²) in [5, 5.41) is 3.55. The van der Waals surface area contributed by atoms with Gasteiger partial charge in [0.25, 0.3) is 0 Å². The highest BCUT2D eigenvalue weighted by molar-refractivity contribution is 4.78. The third-order valence-electron chi connectivity index (χ3n) is 4.18. The van der Waals surface area contributed by atoms with Crippen molar-refractivity contribution < 1.29 is 4.74 Å². The minimum atomic E-state index is 0.655. The molecule has 1 unspecified atom stereocenters. The van der Waals surface area contributed by atoms with E-state index in [2.05, 4.69) is 43.1 Å². The number of likely N-dealkylation sites (tertiary alicyclic amines) is 1. The van der Waals surface area contributed by atoms with E-state index in [9.17, 15) is 0 Å². The van der Waals surface area contributed by atoms with E-state index in [0.717, 1.165) is 38.6 Å². The highest BCUT2D eigenvalue weighted by Gasteiger charge is 2.22. The van der Waals surface area contributed by atoms with Gasteiger partial charge in [-0.3, -0.25) is 4.90 Å². The van der Waals surface area contributed by atoms with Crippen molar-refractivity contribution in [2.45, 2.75) is 39.2 Å². The molecule has 1 aliphatic rings. The molecule has 0 amide bonds. The summed E-state index contributed by atoms with van der Waals surface area (Å²) in [5.41, 5.74) is 0. The van der Waals surface area contributed by atoms with Crippen LogP contribution in [-0.2, 0) is 4.74 Å². The summed E-state index contributed by atoms with van der Waals surface area (Å²) in [6.07, 6.45) is 3.82. The molecule has 1 saturated heterocycles. The van der Waals surface area contributed by atoms with Crippen molar-refractivity contribution in [3.63, 3.8) is 0 Å². The monoisotopic (exact) mass is 285 g/mol. The molecule has 1 rings (SSSR count). The molecule has 4 nitrogen and oxygen atoms in total. The number of hydrogen-bond donors (Lipinski definition) is 1. The Bertz CT molecular complexity index is 228. The lowest BCUT2D eigenvalue weighted by Crippen LogP contribution is -2.46. The SMILES string of the molecule is CCOCCCNCC(C)N1CCC(CN(C)C)CC1. The van der Waals surface area contributed by atoms with Crippen LogP contribution in [0.25, 0.3) is 0 Å². The summed E-state index contributed by atoms with van der Waals surface area (Å²) < 4.78 is 5.35. The Kier molecular flexibility index (Phi) is 9.44. The maximum atomic E-state index is 5.35. The number of ether oxygens (including phenoxy) is 1. The lowest BCUT2D eigenvalue weighted by Gasteiger charge is -2.37. The van der Waals surface area contributed by atoms with Crippen molar-refractivity contribution in [2.24, 2.45) is 5.92 Å². The average Bonchev–Trinajstić information content (AvgIpc) is 2.42. The van der Waals surface area contributed by atoms with E-state index < -0.39 is 0 Å². The Morgan fingerprint density at radius 3 is 2.60 bits per heavy atom. The molecule has 0 aliphatic carbocycles. The van der Waals surface area contributed by atoms with Gasteiger partial charge in [-0.1, -0.05) is 0 Å². The molecule has 0 aromatic carbocycles. The van der Waals surface area contributed by atoms with Gasteiger partial charge in [0, 0.05) is 32.3 Å². The fourth-order valence-corrected chi connectivity index (χ4v) is 2.98. The first-order valence-electron chi connectivity index (χ1n) is 8.30. The van der Waals surface area contributed by atoms with Crippen LogP contribution in [0.3, 0.4) is 0 Å². The zero-order valence-electron chi connectivity index (χ0n) is 14.0.